The third-order valence-corrected chi connectivity index (χ3v) is 3.22. The molecule has 1 atom stereocenters. The van der Waals surface area contributed by atoms with Crippen molar-refractivity contribution in [1.29, 1.82) is 0 Å². The topological polar surface area (TPSA) is 88.4 Å². The third kappa shape index (κ3) is 2.28. The second kappa shape index (κ2) is 4.89. The van der Waals surface area contributed by atoms with Crippen LogP contribution in [0.2, 0.25) is 0 Å². The lowest BCUT2D eigenvalue weighted by atomic mass is 10.2. The molecule has 0 saturated carbocycles. The predicted molar refractivity (Wildman–Crippen MR) is 68.4 cm³/mol. The summed E-state index contributed by atoms with van der Waals surface area (Å²) >= 11 is 3.15. The number of amides is 1. The molecule has 96 valence electrons. The van der Waals surface area contributed by atoms with Crippen LogP contribution in [0, 0.1) is 10.1 Å². The number of hydrogen-bond acceptors (Lipinski definition) is 5. The first kappa shape index (κ1) is 12.7. The highest BCUT2D eigenvalue weighted by molar-refractivity contribution is 9.10. The number of halogens is 1. The highest BCUT2D eigenvalue weighted by Crippen LogP contribution is 2.30. The second-order valence-electron chi connectivity index (χ2n) is 3.91. The Hall–Kier alpha value is -1.70. The summed E-state index contributed by atoms with van der Waals surface area (Å²) in [6, 6.07) is 0.924. The maximum atomic E-state index is 11.6. The fourth-order valence-corrected chi connectivity index (χ4v) is 2.17. The Kier molecular flexibility index (Phi) is 3.46. The smallest absolute Gasteiger partial charge is 0.312 e. The lowest BCUT2D eigenvalue weighted by molar-refractivity contribution is -0.384. The van der Waals surface area contributed by atoms with Gasteiger partial charge in [0.1, 0.15) is 6.04 Å². The molecule has 2 rings (SSSR count). The van der Waals surface area contributed by atoms with E-state index in [1.54, 1.807) is 11.8 Å². The molecule has 0 spiro atoms. The molecule has 1 N–H and O–H groups in total. The van der Waals surface area contributed by atoms with Crippen LogP contribution in [0.4, 0.5) is 11.5 Å². The van der Waals surface area contributed by atoms with Gasteiger partial charge < -0.3 is 10.2 Å². The molecule has 7 nitrogen and oxygen atoms in total. The first-order chi connectivity index (χ1) is 8.50. The zero-order chi connectivity index (χ0) is 13.3. The van der Waals surface area contributed by atoms with Crippen molar-refractivity contribution in [2.24, 2.45) is 0 Å². The number of aromatic nitrogens is 1. The van der Waals surface area contributed by atoms with E-state index in [4.69, 9.17) is 0 Å². The van der Waals surface area contributed by atoms with Gasteiger partial charge in [0.2, 0.25) is 11.7 Å². The normalized spacial score (nSPS) is 19.6. The van der Waals surface area contributed by atoms with Crippen LogP contribution in [0.15, 0.2) is 16.7 Å². The minimum absolute atomic E-state index is 0.106. The average molecular weight is 315 g/mol. The van der Waals surface area contributed by atoms with Crippen LogP contribution < -0.4 is 10.2 Å². The Morgan fingerprint density at radius 1 is 1.67 bits per heavy atom. The number of nitrogens with one attached hydrogen (secondary N) is 1. The molecule has 0 radical (unpaired) electrons. The number of rotatable bonds is 2. The highest BCUT2D eigenvalue weighted by Gasteiger charge is 2.31. The molecule has 1 aromatic rings. The van der Waals surface area contributed by atoms with Gasteiger partial charge in [-0.15, -0.1) is 0 Å². The van der Waals surface area contributed by atoms with Crippen LogP contribution in [0.25, 0.3) is 0 Å². The van der Waals surface area contributed by atoms with Crippen molar-refractivity contribution in [2.45, 2.75) is 13.0 Å². The molecular formula is C10H11BrN4O3. The van der Waals surface area contributed by atoms with E-state index in [1.807, 2.05) is 0 Å². The first-order valence-corrected chi connectivity index (χ1v) is 6.14. The molecule has 8 heteroatoms. The van der Waals surface area contributed by atoms with Gasteiger partial charge in [0.05, 0.1) is 4.92 Å². The summed E-state index contributed by atoms with van der Waals surface area (Å²) in [5, 5.41) is 13.7. The number of anilines is 1. The van der Waals surface area contributed by atoms with Gasteiger partial charge in [0.15, 0.2) is 0 Å². The van der Waals surface area contributed by atoms with Gasteiger partial charge in [0.25, 0.3) is 0 Å². The van der Waals surface area contributed by atoms with E-state index in [-0.39, 0.29) is 17.4 Å². The van der Waals surface area contributed by atoms with E-state index in [9.17, 15) is 14.9 Å². The van der Waals surface area contributed by atoms with Crippen molar-refractivity contribution in [1.82, 2.24) is 10.3 Å². The molecule has 1 unspecified atom stereocenters. The maximum absolute atomic E-state index is 11.6. The minimum atomic E-state index is -0.494. The maximum Gasteiger partial charge on any atom is 0.312 e. The van der Waals surface area contributed by atoms with E-state index >= 15 is 0 Å². The quantitative estimate of drug-likeness (QED) is 0.651. The average Bonchev–Trinajstić information content (AvgIpc) is 2.33. The Balaban J connectivity index is 2.43. The van der Waals surface area contributed by atoms with Crippen molar-refractivity contribution >= 4 is 33.3 Å². The van der Waals surface area contributed by atoms with E-state index < -0.39 is 11.0 Å². The van der Waals surface area contributed by atoms with Crippen LogP contribution in [-0.2, 0) is 4.79 Å². The lowest BCUT2D eigenvalue weighted by Gasteiger charge is -2.33. The van der Waals surface area contributed by atoms with Crippen LogP contribution >= 0.6 is 15.9 Å². The molecule has 0 bridgehead atoms. The standard InChI is InChI=1S/C10H11BrN4O3/c1-6-10(16)12-2-3-14(6)9-8(15(17)18)4-7(11)5-13-9/h4-6H,2-3H2,1H3,(H,12,16). The Morgan fingerprint density at radius 3 is 3.06 bits per heavy atom. The van der Waals surface area contributed by atoms with Gasteiger partial charge in [-0.1, -0.05) is 0 Å². The summed E-state index contributed by atoms with van der Waals surface area (Å²) in [6.07, 6.45) is 1.49. The lowest BCUT2D eigenvalue weighted by Crippen LogP contribution is -2.54. The second-order valence-corrected chi connectivity index (χ2v) is 4.83. The molecule has 1 aliphatic rings. The molecule has 1 saturated heterocycles. The van der Waals surface area contributed by atoms with Crippen LogP contribution in [-0.4, -0.2) is 34.9 Å². The Labute approximate surface area is 111 Å². The fraction of sp³-hybridized carbons (Fsp3) is 0.400. The van der Waals surface area contributed by atoms with Crippen molar-refractivity contribution in [2.75, 3.05) is 18.0 Å². The van der Waals surface area contributed by atoms with Gasteiger partial charge in [-0.05, 0) is 22.9 Å². The molecular weight excluding hydrogens is 304 g/mol. The van der Waals surface area contributed by atoms with Crippen LogP contribution in [0.3, 0.4) is 0 Å². The van der Waals surface area contributed by atoms with Gasteiger partial charge in [-0.3, -0.25) is 14.9 Å². The van der Waals surface area contributed by atoms with E-state index in [0.717, 1.165) is 0 Å². The molecule has 0 aromatic carbocycles. The Morgan fingerprint density at radius 2 is 2.39 bits per heavy atom. The zero-order valence-electron chi connectivity index (χ0n) is 9.59. The van der Waals surface area contributed by atoms with Crippen molar-refractivity contribution in [3.05, 3.63) is 26.9 Å². The van der Waals surface area contributed by atoms with E-state index in [2.05, 4.69) is 26.2 Å². The highest BCUT2D eigenvalue weighted by atomic mass is 79.9. The predicted octanol–water partition coefficient (Wildman–Crippen LogP) is 1.08. The molecule has 1 aromatic heterocycles. The van der Waals surface area contributed by atoms with Gasteiger partial charge >= 0.3 is 5.69 Å². The molecule has 1 aliphatic heterocycles. The molecule has 2 heterocycles. The fourth-order valence-electron chi connectivity index (χ4n) is 1.85. The number of carbonyl (C=O) groups excluding carboxylic acids is 1. The Bertz CT molecular complexity index is 508. The monoisotopic (exact) mass is 314 g/mol. The van der Waals surface area contributed by atoms with Crippen molar-refractivity contribution in [3.8, 4) is 0 Å². The van der Waals surface area contributed by atoms with Crippen LogP contribution in [0.5, 0.6) is 0 Å². The number of piperazine rings is 1. The number of carbonyl (C=O) groups is 1. The molecule has 1 fully saturated rings. The molecule has 0 aliphatic carbocycles. The van der Waals surface area contributed by atoms with E-state index in [0.29, 0.717) is 17.6 Å². The largest absolute Gasteiger partial charge is 0.353 e. The first-order valence-electron chi connectivity index (χ1n) is 5.35. The van der Waals surface area contributed by atoms with Crippen molar-refractivity contribution < 1.29 is 9.72 Å². The minimum Gasteiger partial charge on any atom is -0.353 e. The summed E-state index contributed by atoms with van der Waals surface area (Å²) in [6.45, 7) is 2.66. The third-order valence-electron chi connectivity index (χ3n) is 2.78. The summed E-state index contributed by atoms with van der Waals surface area (Å²) in [5.41, 5.74) is -0.106. The van der Waals surface area contributed by atoms with Gasteiger partial charge in [-0.2, -0.15) is 0 Å². The van der Waals surface area contributed by atoms with Crippen molar-refractivity contribution in [3.63, 3.8) is 0 Å². The van der Waals surface area contributed by atoms with E-state index in [1.165, 1.54) is 12.3 Å². The van der Waals surface area contributed by atoms with Gasteiger partial charge in [-0.25, -0.2) is 4.98 Å². The summed E-state index contributed by atoms with van der Waals surface area (Å²) in [5.74, 6) is 0.0748. The summed E-state index contributed by atoms with van der Waals surface area (Å²) in [4.78, 5) is 27.8. The number of pyridine rings is 1. The number of nitro groups is 1. The summed E-state index contributed by atoms with van der Waals surface area (Å²) < 4.78 is 0.534. The zero-order valence-corrected chi connectivity index (χ0v) is 11.2. The van der Waals surface area contributed by atoms with Crippen LogP contribution in [0.1, 0.15) is 6.92 Å². The molecule has 1 amide bonds. The number of nitrogens with zero attached hydrogens (tertiary/aromatic N) is 3. The SMILES string of the molecule is CC1C(=O)NCCN1c1ncc(Br)cc1[N+](=O)[O-]. The molecule has 18 heavy (non-hydrogen) atoms. The van der Waals surface area contributed by atoms with Gasteiger partial charge in [0, 0.05) is 29.8 Å². The number of hydrogen-bond donors (Lipinski definition) is 1. The summed E-state index contributed by atoms with van der Waals surface area (Å²) in [7, 11) is 0.